The molecule has 3 aromatic rings. The van der Waals surface area contributed by atoms with Gasteiger partial charge in [0.2, 0.25) is 10.0 Å². The summed E-state index contributed by atoms with van der Waals surface area (Å²) in [7, 11) is -3.77. The number of hydrogen-bond acceptors (Lipinski definition) is 4. The first-order chi connectivity index (χ1) is 11.3. The number of furan rings is 1. The molecule has 0 fully saturated rings. The Morgan fingerprint density at radius 2 is 1.79 bits per heavy atom. The molecule has 1 aromatic heterocycles. The van der Waals surface area contributed by atoms with Crippen LogP contribution in [0.25, 0.3) is 11.0 Å². The number of rotatable bonds is 4. The summed E-state index contributed by atoms with van der Waals surface area (Å²) in [5.41, 5.74) is 1.09. The SMILES string of the molecule is C[C@@H](NC(=O)c1ccc(S(N)(=O)=O)cc1)c1cc2ccccc2o1. The Morgan fingerprint density at radius 3 is 2.42 bits per heavy atom. The van der Waals surface area contributed by atoms with E-state index in [9.17, 15) is 13.2 Å². The van der Waals surface area contributed by atoms with Gasteiger partial charge in [-0.3, -0.25) is 4.79 Å². The van der Waals surface area contributed by atoms with Crippen LogP contribution in [0, 0.1) is 0 Å². The van der Waals surface area contributed by atoms with Crippen molar-refractivity contribution in [2.45, 2.75) is 17.9 Å². The van der Waals surface area contributed by atoms with Gasteiger partial charge in [0.1, 0.15) is 11.3 Å². The zero-order chi connectivity index (χ0) is 17.3. The molecule has 1 heterocycles. The lowest BCUT2D eigenvalue weighted by atomic mass is 10.1. The molecule has 0 aliphatic rings. The smallest absolute Gasteiger partial charge is 0.251 e. The van der Waals surface area contributed by atoms with Crippen molar-refractivity contribution in [3.8, 4) is 0 Å². The highest BCUT2D eigenvalue weighted by atomic mass is 32.2. The van der Waals surface area contributed by atoms with Crippen LogP contribution in [0.2, 0.25) is 0 Å². The Bertz CT molecular complexity index is 958. The van der Waals surface area contributed by atoms with E-state index in [1.54, 1.807) is 0 Å². The molecule has 124 valence electrons. The Morgan fingerprint density at radius 1 is 1.12 bits per heavy atom. The minimum absolute atomic E-state index is 0.0376. The number of benzene rings is 2. The van der Waals surface area contributed by atoms with Gasteiger partial charge in [0.25, 0.3) is 5.91 Å². The number of fused-ring (bicyclic) bond motifs is 1. The lowest BCUT2D eigenvalue weighted by molar-refractivity contribution is 0.0935. The molecular weight excluding hydrogens is 328 g/mol. The van der Waals surface area contributed by atoms with E-state index in [0.717, 1.165) is 11.0 Å². The van der Waals surface area contributed by atoms with Crippen LogP contribution in [0.5, 0.6) is 0 Å². The highest BCUT2D eigenvalue weighted by molar-refractivity contribution is 7.89. The van der Waals surface area contributed by atoms with Crippen LogP contribution in [-0.2, 0) is 10.0 Å². The molecular formula is C17H16N2O4S. The zero-order valence-corrected chi connectivity index (χ0v) is 13.7. The maximum Gasteiger partial charge on any atom is 0.251 e. The summed E-state index contributed by atoms with van der Waals surface area (Å²) in [6.07, 6.45) is 0. The second kappa shape index (κ2) is 6.10. The van der Waals surface area contributed by atoms with Crippen LogP contribution < -0.4 is 10.5 Å². The number of nitrogens with one attached hydrogen (secondary N) is 1. The average Bonchev–Trinajstić information content (AvgIpc) is 2.98. The summed E-state index contributed by atoms with van der Waals surface area (Å²) < 4.78 is 28.2. The van der Waals surface area contributed by atoms with Gasteiger partial charge in [-0.1, -0.05) is 18.2 Å². The van der Waals surface area contributed by atoms with Crippen molar-refractivity contribution in [3.05, 3.63) is 65.9 Å². The maximum atomic E-state index is 12.3. The first kappa shape index (κ1) is 16.2. The predicted molar refractivity (Wildman–Crippen MR) is 89.9 cm³/mol. The highest BCUT2D eigenvalue weighted by Gasteiger charge is 2.16. The van der Waals surface area contributed by atoms with Gasteiger partial charge in [0.05, 0.1) is 10.9 Å². The summed E-state index contributed by atoms with van der Waals surface area (Å²) >= 11 is 0. The normalized spacial score (nSPS) is 12.9. The van der Waals surface area contributed by atoms with Gasteiger partial charge in [0.15, 0.2) is 0 Å². The molecule has 3 N–H and O–H groups in total. The average molecular weight is 344 g/mol. The largest absolute Gasteiger partial charge is 0.459 e. The number of sulfonamides is 1. The van der Waals surface area contributed by atoms with Crippen molar-refractivity contribution in [2.75, 3.05) is 0 Å². The summed E-state index contributed by atoms with van der Waals surface area (Å²) in [4.78, 5) is 12.2. The molecule has 7 heteroatoms. The minimum Gasteiger partial charge on any atom is -0.459 e. The van der Waals surface area contributed by atoms with Crippen LogP contribution in [0.3, 0.4) is 0 Å². The summed E-state index contributed by atoms with van der Waals surface area (Å²) in [6, 6.07) is 14.6. The molecule has 0 bridgehead atoms. The van der Waals surface area contributed by atoms with E-state index in [4.69, 9.17) is 9.56 Å². The first-order valence-corrected chi connectivity index (χ1v) is 8.81. The molecule has 0 spiro atoms. The van der Waals surface area contributed by atoms with E-state index in [-0.39, 0.29) is 16.8 Å². The van der Waals surface area contributed by atoms with Crippen molar-refractivity contribution in [1.82, 2.24) is 5.32 Å². The summed E-state index contributed by atoms with van der Waals surface area (Å²) in [5.74, 6) is 0.314. The van der Waals surface area contributed by atoms with Gasteiger partial charge < -0.3 is 9.73 Å². The Labute approximate surface area is 139 Å². The fourth-order valence-corrected chi connectivity index (χ4v) is 2.88. The lowest BCUT2D eigenvalue weighted by Crippen LogP contribution is -2.26. The highest BCUT2D eigenvalue weighted by Crippen LogP contribution is 2.23. The maximum absolute atomic E-state index is 12.3. The van der Waals surface area contributed by atoms with Crippen molar-refractivity contribution in [3.63, 3.8) is 0 Å². The summed E-state index contributed by atoms with van der Waals surface area (Å²) in [5, 5.41) is 8.82. The molecule has 6 nitrogen and oxygen atoms in total. The van der Waals surface area contributed by atoms with E-state index in [0.29, 0.717) is 11.3 Å². The number of primary sulfonamides is 1. The van der Waals surface area contributed by atoms with Crippen molar-refractivity contribution >= 4 is 26.9 Å². The lowest BCUT2D eigenvalue weighted by Gasteiger charge is -2.11. The van der Waals surface area contributed by atoms with Crippen LogP contribution >= 0.6 is 0 Å². The molecule has 1 amide bonds. The van der Waals surface area contributed by atoms with Gasteiger partial charge in [-0.25, -0.2) is 13.6 Å². The van der Waals surface area contributed by atoms with Crippen molar-refractivity contribution in [1.29, 1.82) is 0 Å². The molecule has 0 aliphatic carbocycles. The summed E-state index contributed by atoms with van der Waals surface area (Å²) in [6.45, 7) is 1.81. The number of carbonyl (C=O) groups is 1. The number of amides is 1. The first-order valence-electron chi connectivity index (χ1n) is 7.27. The Balaban J connectivity index is 1.76. The van der Waals surface area contributed by atoms with Gasteiger partial charge in [-0.2, -0.15) is 0 Å². The second-order valence-electron chi connectivity index (χ2n) is 5.45. The number of nitrogens with two attached hydrogens (primary N) is 1. The van der Waals surface area contributed by atoms with Gasteiger partial charge in [-0.05, 0) is 43.3 Å². The second-order valence-corrected chi connectivity index (χ2v) is 7.01. The monoisotopic (exact) mass is 344 g/mol. The number of hydrogen-bond donors (Lipinski definition) is 2. The number of para-hydroxylation sites is 1. The predicted octanol–water partition coefficient (Wildman–Crippen LogP) is 2.57. The molecule has 0 saturated heterocycles. The molecule has 0 radical (unpaired) electrons. The molecule has 2 aromatic carbocycles. The van der Waals surface area contributed by atoms with E-state index < -0.39 is 10.0 Å². The molecule has 0 unspecified atom stereocenters. The third-order valence-corrected chi connectivity index (χ3v) is 4.59. The molecule has 1 atom stereocenters. The fraction of sp³-hybridized carbons (Fsp3) is 0.118. The van der Waals surface area contributed by atoms with Crippen LogP contribution in [0.15, 0.2) is 63.9 Å². The van der Waals surface area contributed by atoms with E-state index in [1.165, 1.54) is 24.3 Å². The Hall–Kier alpha value is -2.64. The quantitative estimate of drug-likeness (QED) is 0.759. The molecule has 0 aliphatic heterocycles. The van der Waals surface area contributed by atoms with Crippen LogP contribution in [0.4, 0.5) is 0 Å². The fourth-order valence-electron chi connectivity index (χ4n) is 2.36. The molecule has 3 rings (SSSR count). The Kier molecular flexibility index (Phi) is 4.13. The van der Waals surface area contributed by atoms with Gasteiger partial charge >= 0.3 is 0 Å². The van der Waals surface area contributed by atoms with Crippen LogP contribution in [0.1, 0.15) is 29.1 Å². The zero-order valence-electron chi connectivity index (χ0n) is 12.9. The number of carbonyl (C=O) groups excluding carboxylic acids is 1. The van der Waals surface area contributed by atoms with Gasteiger partial charge in [0, 0.05) is 10.9 Å². The van der Waals surface area contributed by atoms with E-state index in [1.807, 2.05) is 37.3 Å². The van der Waals surface area contributed by atoms with E-state index in [2.05, 4.69) is 5.32 Å². The van der Waals surface area contributed by atoms with Crippen molar-refractivity contribution in [2.24, 2.45) is 5.14 Å². The van der Waals surface area contributed by atoms with Crippen molar-refractivity contribution < 1.29 is 17.6 Å². The van der Waals surface area contributed by atoms with Crippen LogP contribution in [-0.4, -0.2) is 14.3 Å². The third kappa shape index (κ3) is 3.32. The molecule has 24 heavy (non-hydrogen) atoms. The standard InChI is InChI=1S/C17H16N2O4S/c1-11(16-10-13-4-2-3-5-15(13)23-16)19-17(20)12-6-8-14(9-7-12)24(18,21)22/h2-11H,1H3,(H,19,20)(H2,18,21,22)/t11-/m1/s1. The molecule has 0 saturated carbocycles. The topological polar surface area (TPSA) is 102 Å². The van der Waals surface area contributed by atoms with Gasteiger partial charge in [-0.15, -0.1) is 0 Å². The third-order valence-electron chi connectivity index (χ3n) is 3.66. The minimum atomic E-state index is -3.77. The van der Waals surface area contributed by atoms with E-state index >= 15 is 0 Å².